The Morgan fingerprint density at radius 1 is 1.50 bits per heavy atom. The Kier molecular flexibility index (Phi) is 4.08. The Morgan fingerprint density at radius 3 is 2.83 bits per heavy atom. The van der Waals surface area contributed by atoms with Crippen molar-refractivity contribution in [1.82, 2.24) is 9.21 Å². The normalized spacial score (nSPS) is 23.4. The number of hydrogen-bond donors (Lipinski definition) is 1. The average Bonchev–Trinajstić information content (AvgIpc) is 2.81. The molecule has 2 heterocycles. The van der Waals surface area contributed by atoms with Gasteiger partial charge in [-0.25, -0.2) is 8.42 Å². The molecule has 0 radical (unpaired) electrons. The van der Waals surface area contributed by atoms with E-state index in [1.165, 1.54) is 11.3 Å². The second kappa shape index (κ2) is 5.26. The maximum Gasteiger partial charge on any atom is 0.244 e. The second-order valence-corrected chi connectivity index (χ2v) is 7.51. The van der Waals surface area contributed by atoms with Crippen LogP contribution in [0.4, 0.5) is 0 Å². The smallest absolute Gasteiger partial charge is 0.244 e. The van der Waals surface area contributed by atoms with E-state index in [2.05, 4.69) is 4.90 Å². The first-order valence-corrected chi connectivity index (χ1v) is 8.25. The lowest BCUT2D eigenvalue weighted by Crippen LogP contribution is -2.51. The van der Waals surface area contributed by atoms with E-state index in [1.54, 1.807) is 15.8 Å². The highest BCUT2D eigenvalue weighted by molar-refractivity contribution is 7.89. The van der Waals surface area contributed by atoms with Gasteiger partial charge in [0.05, 0.1) is 4.90 Å². The number of nitrogens with zero attached hydrogens (tertiary/aromatic N) is 2. The molecule has 2 rings (SSSR count). The number of hydrogen-bond acceptors (Lipinski definition) is 5. The molecule has 0 amide bonds. The van der Waals surface area contributed by atoms with Crippen LogP contribution in [0.15, 0.2) is 16.3 Å². The zero-order valence-corrected chi connectivity index (χ0v) is 12.3. The molecule has 0 aromatic carbocycles. The van der Waals surface area contributed by atoms with Crippen molar-refractivity contribution in [3.8, 4) is 0 Å². The maximum atomic E-state index is 12.5. The van der Waals surface area contributed by atoms with Crippen LogP contribution >= 0.6 is 11.3 Å². The van der Waals surface area contributed by atoms with Crippen molar-refractivity contribution in [2.45, 2.75) is 24.4 Å². The Morgan fingerprint density at radius 2 is 2.22 bits per heavy atom. The molecule has 1 saturated heterocycles. The fraction of sp³-hybridized carbons (Fsp3) is 0.636. The molecule has 0 bridgehead atoms. The van der Waals surface area contributed by atoms with E-state index < -0.39 is 10.0 Å². The second-order valence-electron chi connectivity index (χ2n) is 4.60. The van der Waals surface area contributed by atoms with Gasteiger partial charge in [0.1, 0.15) is 0 Å². The molecule has 0 aliphatic carbocycles. The lowest BCUT2D eigenvalue weighted by atomic mass is 10.2. The molecule has 7 heteroatoms. The highest BCUT2D eigenvalue weighted by Gasteiger charge is 2.32. The van der Waals surface area contributed by atoms with Crippen LogP contribution in [0.3, 0.4) is 0 Å². The molecule has 1 aliphatic heterocycles. The number of thiophene rings is 1. The molecule has 2 N–H and O–H groups in total. The lowest BCUT2D eigenvalue weighted by molar-refractivity contribution is 0.159. The topological polar surface area (TPSA) is 66.6 Å². The highest BCUT2D eigenvalue weighted by Crippen LogP contribution is 2.26. The standard InChI is InChI=1S/C11H19N3O2S2/c1-9-8-14(5-4-13(9)2)18(15,16)11-3-6-17-10(11)7-12/h3,6,9H,4-5,7-8,12H2,1-2H3. The van der Waals surface area contributed by atoms with Gasteiger partial charge in [-0.2, -0.15) is 4.31 Å². The van der Waals surface area contributed by atoms with E-state index in [4.69, 9.17) is 5.73 Å². The van der Waals surface area contributed by atoms with Gasteiger partial charge in [-0.3, -0.25) is 0 Å². The molecule has 1 fully saturated rings. The third-order valence-corrected chi connectivity index (χ3v) is 6.45. The minimum Gasteiger partial charge on any atom is -0.326 e. The molecule has 1 aromatic rings. The summed E-state index contributed by atoms with van der Waals surface area (Å²) in [4.78, 5) is 3.29. The van der Waals surface area contributed by atoms with Crippen molar-refractivity contribution in [2.75, 3.05) is 26.7 Å². The van der Waals surface area contributed by atoms with Gasteiger partial charge >= 0.3 is 0 Å². The first kappa shape index (κ1) is 14.0. The van der Waals surface area contributed by atoms with Crippen molar-refractivity contribution in [3.05, 3.63) is 16.3 Å². The van der Waals surface area contributed by atoms with Crippen molar-refractivity contribution in [1.29, 1.82) is 0 Å². The van der Waals surface area contributed by atoms with E-state index in [0.29, 0.717) is 18.0 Å². The Balaban J connectivity index is 2.27. The van der Waals surface area contributed by atoms with Crippen molar-refractivity contribution >= 4 is 21.4 Å². The SMILES string of the molecule is CC1CN(S(=O)(=O)c2ccsc2CN)CCN1C. The highest BCUT2D eigenvalue weighted by atomic mass is 32.2. The number of likely N-dealkylation sites (N-methyl/N-ethyl adjacent to an activating group) is 1. The van der Waals surface area contributed by atoms with E-state index in [0.717, 1.165) is 11.4 Å². The van der Waals surface area contributed by atoms with Gasteiger partial charge in [0.25, 0.3) is 0 Å². The third-order valence-electron chi connectivity index (χ3n) is 3.43. The van der Waals surface area contributed by atoms with E-state index >= 15 is 0 Å². The van der Waals surface area contributed by atoms with Crippen LogP contribution in [0.5, 0.6) is 0 Å². The van der Waals surface area contributed by atoms with Gasteiger partial charge < -0.3 is 10.6 Å². The molecule has 18 heavy (non-hydrogen) atoms. The molecule has 5 nitrogen and oxygen atoms in total. The first-order chi connectivity index (χ1) is 8.46. The molecule has 1 aliphatic rings. The van der Waals surface area contributed by atoms with Crippen LogP contribution < -0.4 is 5.73 Å². The van der Waals surface area contributed by atoms with Crippen molar-refractivity contribution in [2.24, 2.45) is 5.73 Å². The summed E-state index contributed by atoms with van der Waals surface area (Å²) in [5.41, 5.74) is 5.59. The summed E-state index contributed by atoms with van der Waals surface area (Å²) in [6, 6.07) is 1.90. The number of sulfonamides is 1. The third kappa shape index (κ3) is 2.46. The van der Waals surface area contributed by atoms with Crippen LogP contribution in [0.2, 0.25) is 0 Å². The number of rotatable bonds is 3. The molecule has 0 saturated carbocycles. The molecular formula is C11H19N3O2S2. The minimum atomic E-state index is -3.38. The Bertz CT molecular complexity index is 512. The number of piperazine rings is 1. The molecule has 1 unspecified atom stereocenters. The molecule has 1 atom stereocenters. The monoisotopic (exact) mass is 289 g/mol. The summed E-state index contributed by atoms with van der Waals surface area (Å²) in [6.45, 7) is 4.17. The minimum absolute atomic E-state index is 0.244. The maximum absolute atomic E-state index is 12.5. The van der Waals surface area contributed by atoms with Crippen LogP contribution in [0.1, 0.15) is 11.8 Å². The van der Waals surface area contributed by atoms with Gasteiger partial charge in [-0.1, -0.05) is 0 Å². The average molecular weight is 289 g/mol. The summed E-state index contributed by atoms with van der Waals surface area (Å²) in [7, 11) is -1.36. The fourth-order valence-corrected chi connectivity index (χ4v) is 4.90. The first-order valence-electron chi connectivity index (χ1n) is 5.93. The summed E-state index contributed by atoms with van der Waals surface area (Å²) in [5.74, 6) is 0. The van der Waals surface area contributed by atoms with Crippen LogP contribution in [0, 0.1) is 0 Å². The van der Waals surface area contributed by atoms with Crippen molar-refractivity contribution in [3.63, 3.8) is 0 Å². The molecule has 102 valence electrons. The fourth-order valence-electron chi connectivity index (χ4n) is 2.08. The van der Waals surface area contributed by atoms with Gasteiger partial charge in [0.2, 0.25) is 10.0 Å². The summed E-state index contributed by atoms with van der Waals surface area (Å²) in [6.07, 6.45) is 0. The van der Waals surface area contributed by atoms with Crippen LogP contribution in [-0.4, -0.2) is 50.3 Å². The zero-order valence-electron chi connectivity index (χ0n) is 10.7. The van der Waals surface area contributed by atoms with Crippen LogP contribution in [-0.2, 0) is 16.6 Å². The quantitative estimate of drug-likeness (QED) is 0.881. The van der Waals surface area contributed by atoms with Gasteiger partial charge in [-0.15, -0.1) is 11.3 Å². The zero-order chi connectivity index (χ0) is 13.3. The Labute approximate surface area is 112 Å². The molecule has 1 aromatic heterocycles. The predicted molar refractivity (Wildman–Crippen MR) is 73.1 cm³/mol. The van der Waals surface area contributed by atoms with E-state index in [1.807, 2.05) is 14.0 Å². The molecule has 0 spiro atoms. The van der Waals surface area contributed by atoms with Gasteiger partial charge in [0.15, 0.2) is 0 Å². The number of nitrogens with two attached hydrogens (primary N) is 1. The summed E-state index contributed by atoms with van der Waals surface area (Å²) < 4.78 is 26.6. The molecular weight excluding hydrogens is 270 g/mol. The summed E-state index contributed by atoms with van der Waals surface area (Å²) in [5, 5.41) is 1.79. The largest absolute Gasteiger partial charge is 0.326 e. The summed E-state index contributed by atoms with van der Waals surface area (Å²) >= 11 is 1.40. The lowest BCUT2D eigenvalue weighted by Gasteiger charge is -2.36. The Hall–Kier alpha value is -0.470. The van der Waals surface area contributed by atoms with E-state index in [9.17, 15) is 8.42 Å². The van der Waals surface area contributed by atoms with Crippen LogP contribution in [0.25, 0.3) is 0 Å². The van der Waals surface area contributed by atoms with Gasteiger partial charge in [0, 0.05) is 37.1 Å². The van der Waals surface area contributed by atoms with Crippen molar-refractivity contribution < 1.29 is 8.42 Å². The van der Waals surface area contributed by atoms with E-state index in [-0.39, 0.29) is 12.6 Å². The van der Waals surface area contributed by atoms with Gasteiger partial charge in [-0.05, 0) is 25.4 Å². The predicted octanol–water partition coefficient (Wildman–Crippen LogP) is 0.531.